The van der Waals surface area contributed by atoms with Crippen molar-refractivity contribution in [3.63, 3.8) is 0 Å². The summed E-state index contributed by atoms with van der Waals surface area (Å²) in [5, 5.41) is 22.1. The first-order chi connectivity index (χ1) is 20.0. The molecule has 2 heterocycles. The highest BCUT2D eigenvalue weighted by Crippen LogP contribution is 2.20. The maximum atomic E-state index is 13.9. The molecular weight excluding hydrogens is 576 g/mol. The van der Waals surface area contributed by atoms with Gasteiger partial charge in [-0.05, 0) is 80.6 Å². The van der Waals surface area contributed by atoms with Gasteiger partial charge in [-0.2, -0.15) is 0 Å². The topological polar surface area (TPSA) is 152 Å². The van der Waals surface area contributed by atoms with Gasteiger partial charge < -0.3 is 29.8 Å². The molecule has 0 radical (unpaired) electrons. The van der Waals surface area contributed by atoms with Crippen LogP contribution < -0.4 is 15.3 Å². The Morgan fingerprint density at radius 3 is 2.10 bits per heavy atom. The van der Waals surface area contributed by atoms with Gasteiger partial charge in [-0.3, -0.25) is 4.79 Å². The van der Waals surface area contributed by atoms with E-state index in [0.29, 0.717) is 38.0 Å². The maximum Gasteiger partial charge on any atom is 0.408 e. The van der Waals surface area contributed by atoms with E-state index in [1.54, 1.807) is 72.6 Å². The highest BCUT2D eigenvalue weighted by Gasteiger charge is 2.28. The number of rotatable bonds is 14. The van der Waals surface area contributed by atoms with Crippen LogP contribution >= 0.6 is 22.7 Å². The summed E-state index contributed by atoms with van der Waals surface area (Å²) in [6, 6.07) is 13.7. The molecule has 3 aromatic rings. The number of alkyl carbamates (subject to hydrolysis) is 1. The zero-order valence-electron chi connectivity index (χ0n) is 23.9. The third-order valence-electron chi connectivity index (χ3n) is 6.06. The van der Waals surface area contributed by atoms with Gasteiger partial charge >= 0.3 is 6.09 Å². The minimum Gasteiger partial charge on any atom is -0.530 e. The molecule has 11 nitrogen and oxygen atoms in total. The number of thiophene rings is 2. The molecule has 0 spiro atoms. The first-order valence-electron chi connectivity index (χ1n) is 13.5. The van der Waals surface area contributed by atoms with Gasteiger partial charge in [0.2, 0.25) is 10.8 Å². The van der Waals surface area contributed by atoms with Crippen molar-refractivity contribution in [2.45, 2.75) is 71.3 Å². The second-order valence-electron chi connectivity index (χ2n) is 10.6. The Kier molecular flexibility index (Phi) is 12.2. The lowest BCUT2D eigenvalue weighted by atomic mass is 10.1. The number of ether oxygens (including phenoxy) is 1. The number of nitrogens with zero attached hydrogens (tertiary/aromatic N) is 4. The van der Waals surface area contributed by atoms with Crippen LogP contribution in [0.2, 0.25) is 0 Å². The molecule has 3 rings (SSSR count). The number of carboxylic acid groups (broad SMARTS) is 1. The lowest BCUT2D eigenvalue weighted by Gasteiger charge is -2.29. The van der Waals surface area contributed by atoms with Crippen molar-refractivity contribution in [2.24, 2.45) is 5.11 Å². The molecule has 42 heavy (non-hydrogen) atoms. The molecule has 0 aliphatic carbocycles. The molecule has 0 bridgehead atoms. The minimum atomic E-state index is -1.30. The monoisotopic (exact) mass is 612 g/mol. The van der Waals surface area contributed by atoms with Gasteiger partial charge in [0, 0.05) is 22.8 Å². The summed E-state index contributed by atoms with van der Waals surface area (Å²) in [5.41, 5.74) is 7.31. The largest absolute Gasteiger partial charge is 0.530 e. The summed E-state index contributed by atoms with van der Waals surface area (Å²) in [6.45, 7) is 6.38. The molecule has 2 N–H and O–H groups in total. The number of hydrogen-bond acceptors (Lipinski definition) is 9. The number of benzene rings is 1. The highest BCUT2D eigenvalue weighted by atomic mass is 32.1. The van der Waals surface area contributed by atoms with E-state index in [4.69, 9.17) is 10.3 Å². The third kappa shape index (κ3) is 11.1. The van der Waals surface area contributed by atoms with Gasteiger partial charge in [0.05, 0.1) is 13.1 Å². The van der Waals surface area contributed by atoms with Crippen molar-refractivity contribution in [2.75, 3.05) is 6.54 Å². The maximum absolute atomic E-state index is 13.9. The van der Waals surface area contributed by atoms with Crippen LogP contribution in [0.15, 0.2) is 64.4 Å². The molecule has 0 fully saturated rings. The fraction of sp³-hybridized carbons (Fsp3) is 0.414. The highest BCUT2D eigenvalue weighted by molar-refractivity contribution is 7.10. The smallest absolute Gasteiger partial charge is 0.408 e. The van der Waals surface area contributed by atoms with Crippen molar-refractivity contribution in [3.05, 3.63) is 74.6 Å². The lowest BCUT2D eigenvalue weighted by molar-refractivity contribution is -0.266. The van der Waals surface area contributed by atoms with E-state index >= 15 is 0 Å². The van der Waals surface area contributed by atoms with E-state index in [-0.39, 0.29) is 19.0 Å². The van der Waals surface area contributed by atoms with Crippen LogP contribution in [-0.2, 0) is 29.2 Å². The van der Waals surface area contributed by atoms with Crippen molar-refractivity contribution in [1.29, 1.82) is 5.53 Å². The SMILES string of the molecule is CC(C)(C)OC(=O)N[C@@H](CCCCN(Cc1ccc(N=[N+]=N)cc1)C(=O)[O-])C(=O)N(Cc1cccs1)Cc1cccs1. The molecule has 2 aromatic heterocycles. The van der Waals surface area contributed by atoms with Crippen LogP contribution in [0.3, 0.4) is 0 Å². The average molecular weight is 613 g/mol. The van der Waals surface area contributed by atoms with Gasteiger partial charge in [0.1, 0.15) is 23.3 Å². The number of hydrogen-bond donors (Lipinski definition) is 2. The van der Waals surface area contributed by atoms with Crippen molar-refractivity contribution in [1.82, 2.24) is 20.0 Å². The molecule has 0 saturated heterocycles. The van der Waals surface area contributed by atoms with E-state index < -0.39 is 23.8 Å². The molecule has 0 unspecified atom stereocenters. The number of carbonyl (C=O) groups is 3. The summed E-state index contributed by atoms with van der Waals surface area (Å²) in [5.74, 6) is -0.232. The second kappa shape index (κ2) is 15.8. The van der Waals surface area contributed by atoms with Gasteiger partial charge in [-0.25, -0.2) is 4.79 Å². The van der Waals surface area contributed by atoms with E-state index in [9.17, 15) is 19.5 Å². The van der Waals surface area contributed by atoms with Gasteiger partial charge in [0.25, 0.3) is 0 Å². The minimum absolute atomic E-state index is 0.120. The Morgan fingerprint density at radius 1 is 0.976 bits per heavy atom. The predicted molar refractivity (Wildman–Crippen MR) is 159 cm³/mol. The molecule has 1 atom stereocenters. The summed E-state index contributed by atoms with van der Waals surface area (Å²) in [6.07, 6.45) is -0.753. The zero-order chi connectivity index (χ0) is 30.5. The Balaban J connectivity index is 1.68. The van der Waals surface area contributed by atoms with Crippen molar-refractivity contribution in [3.8, 4) is 0 Å². The second-order valence-corrected chi connectivity index (χ2v) is 12.7. The van der Waals surface area contributed by atoms with E-state index in [0.717, 1.165) is 15.3 Å². The van der Waals surface area contributed by atoms with Crippen molar-refractivity contribution < 1.29 is 24.2 Å². The molecule has 1 aromatic carbocycles. The number of carbonyl (C=O) groups excluding carboxylic acids is 3. The molecule has 3 amide bonds. The Morgan fingerprint density at radius 2 is 1.60 bits per heavy atom. The molecule has 0 saturated carbocycles. The fourth-order valence-corrected chi connectivity index (χ4v) is 5.59. The lowest BCUT2D eigenvalue weighted by Crippen LogP contribution is -2.49. The predicted octanol–water partition coefficient (Wildman–Crippen LogP) is 5.43. The average Bonchev–Trinajstić information content (AvgIpc) is 3.63. The Bertz CT molecular complexity index is 1300. The van der Waals surface area contributed by atoms with E-state index in [1.807, 2.05) is 35.0 Å². The van der Waals surface area contributed by atoms with Crippen LogP contribution in [0.1, 0.15) is 55.4 Å². The standard InChI is InChI=1S/C29H36N6O5S2/c1-29(2,3)40-27(37)31-25(26(36)35(19-23-8-6-16-41-23)20-24-9-7-17-42-24)10-4-5-15-34(28(38)39)18-21-11-13-22(14-12-21)32-33-30/h6-9,11-14,16-17,25,30H,4-5,10,15,18-20H2,1-3H3,(H-,31,37,38,39)/t25-/m0/s1. The first-order valence-corrected chi connectivity index (χ1v) is 15.3. The zero-order valence-corrected chi connectivity index (χ0v) is 25.6. The van der Waals surface area contributed by atoms with Crippen LogP contribution in [0, 0.1) is 5.53 Å². The molecule has 0 aliphatic heterocycles. The molecule has 13 heteroatoms. The van der Waals surface area contributed by atoms with Crippen LogP contribution in [0.5, 0.6) is 0 Å². The van der Waals surface area contributed by atoms with E-state index in [1.165, 1.54) is 4.90 Å². The first kappa shape index (κ1) is 32.5. The Hall–Kier alpha value is -4.06. The summed E-state index contributed by atoms with van der Waals surface area (Å²) < 4.78 is 5.44. The molecule has 224 valence electrons. The normalized spacial score (nSPS) is 11.7. The van der Waals surface area contributed by atoms with Gasteiger partial charge in [0.15, 0.2) is 10.8 Å². The van der Waals surface area contributed by atoms with Gasteiger partial charge in [-0.15, -0.1) is 22.7 Å². The number of amides is 3. The quantitative estimate of drug-likeness (QED) is 0.141. The van der Waals surface area contributed by atoms with Gasteiger partial charge in [-0.1, -0.05) is 24.3 Å². The molecule has 0 aliphatic rings. The number of nitrogens with one attached hydrogen (secondary N) is 2. The fourth-order valence-electron chi connectivity index (χ4n) is 4.15. The summed E-state index contributed by atoms with van der Waals surface area (Å²) in [7, 11) is 0. The van der Waals surface area contributed by atoms with Crippen molar-refractivity contribution >= 4 is 46.5 Å². The molecular formula is C29H36N6O5S2. The number of unbranched alkanes of at least 4 members (excludes halogenated alkanes) is 1. The van der Waals surface area contributed by atoms with E-state index in [2.05, 4.69) is 15.3 Å². The summed E-state index contributed by atoms with van der Waals surface area (Å²) in [4.78, 5) is 46.3. The third-order valence-corrected chi connectivity index (χ3v) is 7.78. The van der Waals surface area contributed by atoms with Crippen LogP contribution in [-0.4, -0.2) is 46.1 Å². The summed E-state index contributed by atoms with van der Waals surface area (Å²) >= 11 is 3.12. The van der Waals surface area contributed by atoms with Crippen LogP contribution in [0.25, 0.3) is 0 Å². The van der Waals surface area contributed by atoms with Crippen LogP contribution in [0.4, 0.5) is 15.3 Å². The Labute approximate surface area is 253 Å².